The lowest BCUT2D eigenvalue weighted by Crippen LogP contribution is -2.54. The van der Waals surface area contributed by atoms with Crippen LogP contribution in [0, 0.1) is 19.7 Å². The van der Waals surface area contributed by atoms with Crippen LogP contribution in [-0.4, -0.2) is 43.8 Å². The molecule has 0 aromatic heterocycles. The first-order chi connectivity index (χ1) is 22.1. The van der Waals surface area contributed by atoms with E-state index in [0.717, 1.165) is 41.1 Å². The molecular formula is C37H40FN3O4S. The number of anilines is 1. The van der Waals surface area contributed by atoms with E-state index in [1.54, 1.807) is 55.5 Å². The van der Waals surface area contributed by atoms with Gasteiger partial charge in [-0.1, -0.05) is 91.2 Å². The van der Waals surface area contributed by atoms with Crippen molar-refractivity contribution >= 4 is 27.5 Å². The Morgan fingerprint density at radius 2 is 1.46 bits per heavy atom. The number of halogens is 1. The number of amides is 2. The molecule has 1 fully saturated rings. The molecule has 1 atom stereocenters. The number of nitrogens with zero attached hydrogens (tertiary/aromatic N) is 2. The summed E-state index contributed by atoms with van der Waals surface area (Å²) in [6.45, 7) is 3.11. The van der Waals surface area contributed by atoms with Gasteiger partial charge in [-0.3, -0.25) is 13.9 Å². The van der Waals surface area contributed by atoms with E-state index >= 15 is 0 Å². The minimum atomic E-state index is -4.19. The summed E-state index contributed by atoms with van der Waals surface area (Å²) < 4.78 is 43.4. The van der Waals surface area contributed by atoms with Gasteiger partial charge in [0.15, 0.2) is 0 Å². The van der Waals surface area contributed by atoms with Crippen LogP contribution in [0.25, 0.3) is 0 Å². The fourth-order valence-corrected chi connectivity index (χ4v) is 7.38. The molecule has 0 heterocycles. The van der Waals surface area contributed by atoms with E-state index in [1.807, 2.05) is 37.3 Å². The molecule has 0 spiro atoms. The highest BCUT2D eigenvalue weighted by molar-refractivity contribution is 7.92. The number of nitrogens with one attached hydrogen (secondary N) is 1. The van der Waals surface area contributed by atoms with E-state index in [1.165, 1.54) is 29.2 Å². The van der Waals surface area contributed by atoms with Gasteiger partial charge in [-0.2, -0.15) is 0 Å². The average Bonchev–Trinajstić information content (AvgIpc) is 3.56. The van der Waals surface area contributed by atoms with Crippen molar-refractivity contribution in [3.63, 3.8) is 0 Å². The Hall–Kier alpha value is -4.50. The van der Waals surface area contributed by atoms with Crippen molar-refractivity contribution in [2.45, 2.75) is 69.5 Å². The molecule has 1 saturated carbocycles. The largest absolute Gasteiger partial charge is 0.352 e. The van der Waals surface area contributed by atoms with E-state index in [9.17, 15) is 22.4 Å². The highest BCUT2D eigenvalue weighted by Crippen LogP contribution is 2.28. The minimum Gasteiger partial charge on any atom is -0.352 e. The molecule has 0 bridgehead atoms. The number of rotatable bonds is 12. The highest BCUT2D eigenvalue weighted by atomic mass is 32.2. The standard InChI is InChI=1S/C37H40FN3O4S/c1-27-16-22-33(23-17-27)46(44,45)41(34-15-9-6-10-28(34)2)26-36(42)40(25-30-18-20-31(38)21-19-30)35(24-29-11-4-3-5-12-29)37(43)39-32-13-7-8-14-32/h3-6,9-12,15-23,32,35H,7-8,13-14,24-26H2,1-2H3,(H,39,43)/t35-/m1/s1. The van der Waals surface area contributed by atoms with Gasteiger partial charge >= 0.3 is 0 Å². The zero-order valence-electron chi connectivity index (χ0n) is 26.2. The lowest BCUT2D eigenvalue weighted by Gasteiger charge is -2.34. The molecule has 240 valence electrons. The van der Waals surface area contributed by atoms with Gasteiger partial charge in [0.2, 0.25) is 11.8 Å². The molecule has 1 aliphatic rings. The van der Waals surface area contributed by atoms with Crippen molar-refractivity contribution in [1.29, 1.82) is 0 Å². The number of sulfonamides is 1. The number of carbonyl (C=O) groups is 2. The Morgan fingerprint density at radius 3 is 2.11 bits per heavy atom. The molecule has 0 radical (unpaired) electrons. The minimum absolute atomic E-state index is 0.0129. The van der Waals surface area contributed by atoms with Crippen molar-refractivity contribution < 1.29 is 22.4 Å². The number of benzene rings is 4. The molecular weight excluding hydrogens is 601 g/mol. The number of hydrogen-bond donors (Lipinski definition) is 1. The number of para-hydroxylation sites is 1. The summed E-state index contributed by atoms with van der Waals surface area (Å²) in [6.07, 6.45) is 4.00. The number of aryl methyl sites for hydroxylation is 2. The quantitative estimate of drug-likeness (QED) is 0.196. The second-order valence-corrected chi connectivity index (χ2v) is 13.8. The van der Waals surface area contributed by atoms with Crippen molar-refractivity contribution in [2.24, 2.45) is 0 Å². The summed E-state index contributed by atoms with van der Waals surface area (Å²) in [5.74, 6) is -1.27. The van der Waals surface area contributed by atoms with Crippen LogP contribution in [0.15, 0.2) is 108 Å². The van der Waals surface area contributed by atoms with Gasteiger partial charge < -0.3 is 10.2 Å². The van der Waals surface area contributed by atoms with Crippen molar-refractivity contribution in [2.75, 3.05) is 10.8 Å². The topological polar surface area (TPSA) is 86.8 Å². The second kappa shape index (κ2) is 14.7. The van der Waals surface area contributed by atoms with E-state index in [4.69, 9.17) is 0 Å². The van der Waals surface area contributed by atoms with Gasteiger partial charge in [-0.15, -0.1) is 0 Å². The first-order valence-electron chi connectivity index (χ1n) is 15.6. The smallest absolute Gasteiger partial charge is 0.264 e. The molecule has 0 saturated heterocycles. The first kappa shape index (κ1) is 32.9. The fraction of sp³-hybridized carbons (Fsp3) is 0.297. The number of hydrogen-bond acceptors (Lipinski definition) is 4. The molecule has 0 unspecified atom stereocenters. The van der Waals surface area contributed by atoms with Crippen LogP contribution in [0.4, 0.5) is 10.1 Å². The average molecular weight is 642 g/mol. The predicted octanol–water partition coefficient (Wildman–Crippen LogP) is 6.34. The Morgan fingerprint density at radius 1 is 0.826 bits per heavy atom. The second-order valence-electron chi connectivity index (χ2n) is 12.0. The van der Waals surface area contributed by atoms with Gasteiger partial charge in [0.1, 0.15) is 18.4 Å². The van der Waals surface area contributed by atoms with Crippen LogP contribution in [0.2, 0.25) is 0 Å². The molecule has 1 aliphatic carbocycles. The van der Waals surface area contributed by atoms with Gasteiger partial charge in [0.05, 0.1) is 10.6 Å². The van der Waals surface area contributed by atoms with E-state index in [2.05, 4.69) is 5.32 Å². The van der Waals surface area contributed by atoms with E-state index < -0.39 is 34.3 Å². The first-order valence-corrected chi connectivity index (χ1v) is 17.1. The fourth-order valence-electron chi connectivity index (χ4n) is 5.90. The summed E-state index contributed by atoms with van der Waals surface area (Å²) >= 11 is 0. The summed E-state index contributed by atoms with van der Waals surface area (Å²) in [6, 6.07) is 27.8. The highest BCUT2D eigenvalue weighted by Gasteiger charge is 2.36. The zero-order chi connectivity index (χ0) is 32.7. The van der Waals surface area contributed by atoms with Crippen LogP contribution >= 0.6 is 0 Å². The third kappa shape index (κ3) is 8.01. The van der Waals surface area contributed by atoms with Gasteiger partial charge in [0, 0.05) is 19.0 Å². The molecule has 2 amide bonds. The summed E-state index contributed by atoms with van der Waals surface area (Å²) in [5, 5.41) is 3.16. The van der Waals surface area contributed by atoms with Crippen molar-refractivity contribution in [3.05, 3.63) is 131 Å². The Balaban J connectivity index is 1.57. The van der Waals surface area contributed by atoms with Gasteiger partial charge in [-0.25, -0.2) is 12.8 Å². The maximum absolute atomic E-state index is 14.6. The van der Waals surface area contributed by atoms with Crippen LogP contribution in [-0.2, 0) is 32.6 Å². The number of carbonyl (C=O) groups excluding carboxylic acids is 2. The third-order valence-corrected chi connectivity index (χ3v) is 10.3. The summed E-state index contributed by atoms with van der Waals surface area (Å²) in [7, 11) is -4.19. The zero-order valence-corrected chi connectivity index (χ0v) is 27.0. The summed E-state index contributed by atoms with van der Waals surface area (Å²) in [4.78, 5) is 30.1. The molecule has 4 aromatic carbocycles. The third-order valence-electron chi connectivity index (χ3n) is 8.51. The Bertz CT molecular complexity index is 1740. The molecule has 7 nitrogen and oxygen atoms in total. The lowest BCUT2D eigenvalue weighted by atomic mass is 10.0. The van der Waals surface area contributed by atoms with Crippen molar-refractivity contribution in [1.82, 2.24) is 10.2 Å². The molecule has 4 aromatic rings. The van der Waals surface area contributed by atoms with Gasteiger partial charge in [0.25, 0.3) is 10.0 Å². The predicted molar refractivity (Wildman–Crippen MR) is 178 cm³/mol. The maximum atomic E-state index is 14.6. The molecule has 46 heavy (non-hydrogen) atoms. The molecule has 9 heteroatoms. The lowest BCUT2D eigenvalue weighted by molar-refractivity contribution is -0.140. The molecule has 1 N–H and O–H groups in total. The SMILES string of the molecule is Cc1ccc(S(=O)(=O)N(CC(=O)N(Cc2ccc(F)cc2)[C@H](Cc2ccccc2)C(=O)NC2CCCC2)c2ccccc2C)cc1. The summed E-state index contributed by atoms with van der Waals surface area (Å²) in [5.41, 5.74) is 3.42. The van der Waals surface area contributed by atoms with E-state index in [-0.39, 0.29) is 29.8 Å². The monoisotopic (exact) mass is 641 g/mol. The Kier molecular flexibility index (Phi) is 10.5. The molecule has 5 rings (SSSR count). The van der Waals surface area contributed by atoms with Crippen LogP contribution in [0.1, 0.15) is 47.9 Å². The van der Waals surface area contributed by atoms with Crippen LogP contribution < -0.4 is 9.62 Å². The van der Waals surface area contributed by atoms with Crippen LogP contribution in [0.3, 0.4) is 0 Å². The van der Waals surface area contributed by atoms with Crippen molar-refractivity contribution in [3.8, 4) is 0 Å². The maximum Gasteiger partial charge on any atom is 0.264 e. The molecule has 0 aliphatic heterocycles. The van der Waals surface area contributed by atoms with E-state index in [0.29, 0.717) is 16.8 Å². The van der Waals surface area contributed by atoms with Gasteiger partial charge in [-0.05, 0) is 73.7 Å². The van der Waals surface area contributed by atoms with Crippen LogP contribution in [0.5, 0.6) is 0 Å². The Labute approximate surface area is 271 Å². The normalized spacial score (nSPS) is 14.1.